The summed E-state index contributed by atoms with van der Waals surface area (Å²) in [4.78, 5) is 11.2. The van der Waals surface area contributed by atoms with E-state index in [0.29, 0.717) is 0 Å². The highest BCUT2D eigenvalue weighted by atomic mass is 16.4. The Balaban J connectivity index is 2.49. The summed E-state index contributed by atoms with van der Waals surface area (Å²) < 4.78 is 0. The zero-order chi connectivity index (χ0) is 14.7. The fourth-order valence-corrected chi connectivity index (χ4v) is 2.52. The molecule has 2 heteroatoms. The van der Waals surface area contributed by atoms with E-state index in [4.69, 9.17) is 0 Å². The Morgan fingerprint density at radius 3 is 2.20 bits per heavy atom. The number of rotatable bonds is 4. The van der Waals surface area contributed by atoms with Crippen LogP contribution in [0.3, 0.4) is 0 Å². The van der Waals surface area contributed by atoms with E-state index in [-0.39, 0.29) is 12.3 Å². The van der Waals surface area contributed by atoms with Crippen LogP contribution in [0.25, 0.3) is 0 Å². The average molecular weight is 268 g/mol. The Labute approximate surface area is 120 Å². The Bertz CT molecular complexity index is 612. The Morgan fingerprint density at radius 2 is 1.60 bits per heavy atom. The van der Waals surface area contributed by atoms with Gasteiger partial charge in [-0.25, -0.2) is 0 Å². The molecule has 0 aliphatic rings. The SMILES string of the molecule is Cc1ccc(C(CC(=O)O)c2cc(C)ccc2C)cc1. The molecule has 2 rings (SSSR count). The number of hydrogen-bond acceptors (Lipinski definition) is 1. The average Bonchev–Trinajstić information content (AvgIpc) is 2.40. The van der Waals surface area contributed by atoms with Gasteiger partial charge in [-0.15, -0.1) is 0 Å². The maximum atomic E-state index is 11.2. The lowest BCUT2D eigenvalue weighted by atomic mass is 9.85. The molecule has 1 N–H and O–H groups in total. The number of aryl methyl sites for hydroxylation is 3. The second kappa shape index (κ2) is 5.91. The Morgan fingerprint density at radius 1 is 1.00 bits per heavy atom. The first-order chi connectivity index (χ1) is 9.47. The minimum absolute atomic E-state index is 0.0898. The van der Waals surface area contributed by atoms with Gasteiger partial charge < -0.3 is 5.11 Å². The fourth-order valence-electron chi connectivity index (χ4n) is 2.52. The summed E-state index contributed by atoms with van der Waals surface area (Å²) in [5, 5.41) is 9.22. The lowest BCUT2D eigenvalue weighted by Gasteiger charge is -2.19. The third-order valence-corrected chi connectivity index (χ3v) is 3.67. The molecule has 0 bridgehead atoms. The molecule has 1 atom stereocenters. The van der Waals surface area contributed by atoms with Crippen molar-refractivity contribution in [3.8, 4) is 0 Å². The van der Waals surface area contributed by atoms with Crippen LogP contribution < -0.4 is 0 Å². The van der Waals surface area contributed by atoms with Gasteiger partial charge in [0.15, 0.2) is 0 Å². The van der Waals surface area contributed by atoms with E-state index < -0.39 is 5.97 Å². The molecule has 2 nitrogen and oxygen atoms in total. The third-order valence-electron chi connectivity index (χ3n) is 3.67. The monoisotopic (exact) mass is 268 g/mol. The topological polar surface area (TPSA) is 37.3 Å². The highest BCUT2D eigenvalue weighted by molar-refractivity contribution is 5.69. The number of aliphatic carboxylic acids is 1. The first-order valence-electron chi connectivity index (χ1n) is 6.83. The zero-order valence-corrected chi connectivity index (χ0v) is 12.2. The predicted octanol–water partition coefficient (Wildman–Crippen LogP) is 4.22. The smallest absolute Gasteiger partial charge is 0.304 e. The molecular formula is C18H20O2. The predicted molar refractivity (Wildman–Crippen MR) is 81.2 cm³/mol. The molecule has 0 amide bonds. The number of carboxylic acid groups (broad SMARTS) is 1. The molecular weight excluding hydrogens is 248 g/mol. The van der Waals surface area contributed by atoms with Crippen molar-refractivity contribution >= 4 is 5.97 Å². The van der Waals surface area contributed by atoms with Crippen LogP contribution in [0, 0.1) is 20.8 Å². The zero-order valence-electron chi connectivity index (χ0n) is 12.2. The summed E-state index contributed by atoms with van der Waals surface area (Å²) in [5.41, 5.74) is 5.65. The van der Waals surface area contributed by atoms with Crippen LogP contribution in [0.5, 0.6) is 0 Å². The van der Waals surface area contributed by atoms with Crippen LogP contribution in [-0.2, 0) is 4.79 Å². The molecule has 0 radical (unpaired) electrons. The van der Waals surface area contributed by atoms with Crippen molar-refractivity contribution in [3.05, 3.63) is 70.3 Å². The number of carbonyl (C=O) groups is 1. The van der Waals surface area contributed by atoms with Gasteiger partial charge in [0.25, 0.3) is 0 Å². The van der Waals surface area contributed by atoms with Crippen molar-refractivity contribution in [2.24, 2.45) is 0 Å². The molecule has 2 aromatic carbocycles. The minimum Gasteiger partial charge on any atom is -0.481 e. The first kappa shape index (κ1) is 14.3. The summed E-state index contributed by atoms with van der Waals surface area (Å²) in [6.07, 6.45) is 0.118. The van der Waals surface area contributed by atoms with E-state index in [1.54, 1.807) is 0 Å². The van der Waals surface area contributed by atoms with Crippen molar-refractivity contribution in [2.45, 2.75) is 33.1 Å². The minimum atomic E-state index is -0.767. The first-order valence-corrected chi connectivity index (χ1v) is 6.83. The summed E-state index contributed by atoms with van der Waals surface area (Å²) >= 11 is 0. The van der Waals surface area contributed by atoms with Crippen LogP contribution in [0.4, 0.5) is 0 Å². The van der Waals surface area contributed by atoms with Crippen LogP contribution >= 0.6 is 0 Å². The van der Waals surface area contributed by atoms with Gasteiger partial charge in [0.05, 0.1) is 6.42 Å². The summed E-state index contributed by atoms with van der Waals surface area (Å²) in [7, 11) is 0. The van der Waals surface area contributed by atoms with Gasteiger partial charge in [0, 0.05) is 5.92 Å². The van der Waals surface area contributed by atoms with E-state index in [9.17, 15) is 9.90 Å². The molecule has 0 aromatic heterocycles. The van der Waals surface area contributed by atoms with Crippen LogP contribution in [0.1, 0.15) is 40.2 Å². The largest absolute Gasteiger partial charge is 0.481 e. The van der Waals surface area contributed by atoms with Crippen LogP contribution in [0.15, 0.2) is 42.5 Å². The van der Waals surface area contributed by atoms with E-state index in [2.05, 4.69) is 18.2 Å². The van der Waals surface area contributed by atoms with Gasteiger partial charge in [-0.05, 0) is 37.5 Å². The lowest BCUT2D eigenvalue weighted by Crippen LogP contribution is -2.09. The van der Waals surface area contributed by atoms with Crippen molar-refractivity contribution in [2.75, 3.05) is 0 Å². The maximum absolute atomic E-state index is 11.2. The molecule has 0 fully saturated rings. The molecule has 1 unspecified atom stereocenters. The summed E-state index contributed by atoms with van der Waals surface area (Å²) in [5.74, 6) is -0.857. The van der Waals surface area contributed by atoms with Crippen LogP contribution in [-0.4, -0.2) is 11.1 Å². The van der Waals surface area contributed by atoms with E-state index in [1.165, 1.54) is 5.56 Å². The van der Waals surface area contributed by atoms with E-state index >= 15 is 0 Å². The van der Waals surface area contributed by atoms with E-state index in [1.807, 2.05) is 45.0 Å². The number of carboxylic acids is 1. The molecule has 20 heavy (non-hydrogen) atoms. The molecule has 0 aliphatic carbocycles. The van der Waals surface area contributed by atoms with Gasteiger partial charge in [0.2, 0.25) is 0 Å². The van der Waals surface area contributed by atoms with Crippen molar-refractivity contribution < 1.29 is 9.90 Å². The highest BCUT2D eigenvalue weighted by Gasteiger charge is 2.19. The lowest BCUT2D eigenvalue weighted by molar-refractivity contribution is -0.137. The van der Waals surface area contributed by atoms with Gasteiger partial charge >= 0.3 is 5.97 Å². The van der Waals surface area contributed by atoms with Crippen molar-refractivity contribution in [1.29, 1.82) is 0 Å². The van der Waals surface area contributed by atoms with Gasteiger partial charge in [-0.3, -0.25) is 4.79 Å². The summed E-state index contributed by atoms with van der Waals surface area (Å²) in [6.45, 7) is 6.11. The highest BCUT2D eigenvalue weighted by Crippen LogP contribution is 2.31. The second-order valence-corrected chi connectivity index (χ2v) is 5.42. The molecule has 0 spiro atoms. The summed E-state index contributed by atoms with van der Waals surface area (Å²) in [6, 6.07) is 14.4. The van der Waals surface area contributed by atoms with Crippen molar-refractivity contribution in [3.63, 3.8) is 0 Å². The molecule has 0 saturated carbocycles. The van der Waals surface area contributed by atoms with Gasteiger partial charge in [-0.1, -0.05) is 53.6 Å². The molecule has 104 valence electrons. The number of benzene rings is 2. The third kappa shape index (κ3) is 3.27. The van der Waals surface area contributed by atoms with Crippen LogP contribution in [0.2, 0.25) is 0 Å². The Kier molecular flexibility index (Phi) is 4.23. The van der Waals surface area contributed by atoms with Gasteiger partial charge in [0.1, 0.15) is 0 Å². The number of hydrogen-bond donors (Lipinski definition) is 1. The fraction of sp³-hybridized carbons (Fsp3) is 0.278. The molecule has 2 aromatic rings. The molecule has 0 saturated heterocycles. The molecule has 0 heterocycles. The standard InChI is InChI=1S/C18H20O2/c1-12-5-8-15(9-6-12)17(11-18(19)20)16-10-13(2)4-7-14(16)3/h4-10,17H,11H2,1-3H3,(H,19,20). The van der Waals surface area contributed by atoms with E-state index in [0.717, 1.165) is 22.3 Å². The second-order valence-electron chi connectivity index (χ2n) is 5.42. The Hall–Kier alpha value is -2.09. The normalized spacial score (nSPS) is 12.2. The van der Waals surface area contributed by atoms with Crippen molar-refractivity contribution in [1.82, 2.24) is 0 Å². The molecule has 0 aliphatic heterocycles. The maximum Gasteiger partial charge on any atom is 0.304 e. The quantitative estimate of drug-likeness (QED) is 0.901. The van der Waals surface area contributed by atoms with Gasteiger partial charge in [-0.2, -0.15) is 0 Å².